The lowest BCUT2D eigenvalue weighted by molar-refractivity contribution is -0.202. The van der Waals surface area contributed by atoms with Gasteiger partial charge in [-0.1, -0.05) is 32.9 Å². The lowest BCUT2D eigenvalue weighted by Crippen LogP contribution is -2.54. The van der Waals surface area contributed by atoms with Gasteiger partial charge in [0.25, 0.3) is 0 Å². The fourth-order valence-corrected chi connectivity index (χ4v) is 2.32. The topological polar surface area (TPSA) is 152 Å². The minimum Gasteiger partial charge on any atom is -0.458 e. The predicted molar refractivity (Wildman–Crippen MR) is 132 cm³/mol. The van der Waals surface area contributed by atoms with E-state index in [0.29, 0.717) is 0 Å². The Morgan fingerprint density at radius 1 is 0.541 bits per heavy atom. The molecule has 0 heterocycles. The van der Waals surface area contributed by atoms with Crippen LogP contribution in [0.3, 0.4) is 0 Å². The first kappa shape index (κ1) is 33.0. The van der Waals surface area contributed by atoms with Crippen molar-refractivity contribution in [2.75, 3.05) is 13.2 Å². The number of esters is 5. The molecule has 37 heavy (non-hydrogen) atoms. The van der Waals surface area contributed by atoms with Gasteiger partial charge in [0.15, 0.2) is 24.4 Å². The molecule has 0 aliphatic rings. The van der Waals surface area contributed by atoms with Gasteiger partial charge in [-0.3, -0.25) is 0 Å². The van der Waals surface area contributed by atoms with Crippen molar-refractivity contribution in [2.45, 2.75) is 59.0 Å². The lowest BCUT2D eigenvalue weighted by atomic mass is 10.0. The van der Waals surface area contributed by atoms with Gasteiger partial charge in [-0.15, -0.1) is 0 Å². The lowest BCUT2D eigenvalue weighted by Gasteiger charge is -2.35. The summed E-state index contributed by atoms with van der Waals surface area (Å²) in [7, 11) is 0. The van der Waals surface area contributed by atoms with Crippen LogP contribution < -0.4 is 0 Å². The molecule has 11 heteroatoms. The molecule has 0 aliphatic heterocycles. The number of rotatable bonds is 15. The molecule has 0 aromatic rings. The standard InChI is InChI=1S/C26H34O11/c1-13(2)22(28)33-12-19(35-24(30)15(5)6)21(37-26(32)17(9)10)20(36-25(31)16(7)8)18(11-27)34-23(29)14(3)4/h18-21,27H,1,3,5,7,9,11-12H2,2,4,6,8,10H3/t18-,19+,20+,21+/m0/s1. The fourth-order valence-electron chi connectivity index (χ4n) is 2.32. The van der Waals surface area contributed by atoms with E-state index in [-0.39, 0.29) is 27.9 Å². The summed E-state index contributed by atoms with van der Waals surface area (Å²) < 4.78 is 26.5. The second-order valence-electron chi connectivity index (χ2n) is 8.31. The van der Waals surface area contributed by atoms with Gasteiger partial charge in [-0.25, -0.2) is 24.0 Å². The zero-order valence-electron chi connectivity index (χ0n) is 21.8. The highest BCUT2D eigenvalue weighted by Crippen LogP contribution is 2.23. The maximum atomic E-state index is 12.5. The molecule has 1 N–H and O–H groups in total. The van der Waals surface area contributed by atoms with Gasteiger partial charge in [-0.2, -0.15) is 0 Å². The molecular weight excluding hydrogens is 488 g/mol. The highest BCUT2D eigenvalue weighted by atomic mass is 16.6. The summed E-state index contributed by atoms with van der Waals surface area (Å²) in [5.74, 6) is -4.85. The Hall–Kier alpha value is -3.99. The zero-order valence-corrected chi connectivity index (χ0v) is 21.8. The van der Waals surface area contributed by atoms with Gasteiger partial charge in [0, 0.05) is 27.9 Å². The summed E-state index contributed by atoms with van der Waals surface area (Å²) in [4.78, 5) is 61.7. The first-order valence-electron chi connectivity index (χ1n) is 10.9. The second kappa shape index (κ2) is 15.2. The second-order valence-corrected chi connectivity index (χ2v) is 8.31. The monoisotopic (exact) mass is 522 g/mol. The summed E-state index contributed by atoms with van der Waals surface area (Å²) >= 11 is 0. The molecule has 4 atom stereocenters. The van der Waals surface area contributed by atoms with E-state index >= 15 is 0 Å². The molecule has 0 bridgehead atoms. The predicted octanol–water partition coefficient (Wildman–Crippen LogP) is 2.05. The summed E-state index contributed by atoms with van der Waals surface area (Å²) in [6, 6.07) is 0. The molecule has 11 nitrogen and oxygen atoms in total. The molecule has 0 saturated heterocycles. The third-order valence-corrected chi connectivity index (χ3v) is 4.36. The minimum absolute atomic E-state index is 0.00865. The number of aliphatic hydroxyl groups excluding tert-OH is 1. The summed E-state index contributed by atoms with van der Waals surface area (Å²) in [6.45, 7) is 22.3. The van der Waals surface area contributed by atoms with Crippen LogP contribution in [0.4, 0.5) is 0 Å². The SMILES string of the molecule is C=C(C)C(=O)OC[C@@H](OC(=O)C(=C)C)[C@@H](OC(=O)C(=C)C)[C@H](OC(=O)C(=C)C)[C@H](CO)OC(=O)C(=C)C. The van der Waals surface area contributed by atoms with Crippen LogP contribution in [0.5, 0.6) is 0 Å². The van der Waals surface area contributed by atoms with Gasteiger partial charge in [0.05, 0.1) is 6.61 Å². The van der Waals surface area contributed by atoms with Crippen LogP contribution in [0.2, 0.25) is 0 Å². The maximum absolute atomic E-state index is 12.5. The molecule has 0 amide bonds. The van der Waals surface area contributed by atoms with E-state index in [1.165, 1.54) is 34.6 Å². The van der Waals surface area contributed by atoms with E-state index in [0.717, 1.165) is 0 Å². The van der Waals surface area contributed by atoms with Crippen LogP contribution in [0.15, 0.2) is 60.8 Å². The van der Waals surface area contributed by atoms with Crippen LogP contribution in [-0.2, 0) is 47.7 Å². The largest absolute Gasteiger partial charge is 0.458 e. The van der Waals surface area contributed by atoms with Crippen molar-refractivity contribution in [3.63, 3.8) is 0 Å². The minimum atomic E-state index is -1.79. The Morgan fingerprint density at radius 3 is 1.16 bits per heavy atom. The van der Waals surface area contributed by atoms with Gasteiger partial charge in [0.2, 0.25) is 0 Å². The van der Waals surface area contributed by atoms with Crippen molar-refractivity contribution in [1.29, 1.82) is 0 Å². The van der Waals surface area contributed by atoms with E-state index in [2.05, 4.69) is 32.9 Å². The molecule has 0 aromatic heterocycles. The molecule has 204 valence electrons. The highest BCUT2D eigenvalue weighted by molar-refractivity contribution is 5.89. The average Bonchev–Trinajstić information content (AvgIpc) is 2.81. The molecule has 0 radical (unpaired) electrons. The highest BCUT2D eigenvalue weighted by Gasteiger charge is 2.45. The Bertz CT molecular complexity index is 988. The van der Waals surface area contributed by atoms with Crippen molar-refractivity contribution in [3.8, 4) is 0 Å². The number of aliphatic hydroxyl groups is 1. The van der Waals surface area contributed by atoms with E-state index in [1.807, 2.05) is 0 Å². The van der Waals surface area contributed by atoms with Crippen molar-refractivity contribution < 1.29 is 52.8 Å². The van der Waals surface area contributed by atoms with Crippen LogP contribution in [-0.4, -0.2) is 72.6 Å². The van der Waals surface area contributed by atoms with Crippen molar-refractivity contribution in [2.24, 2.45) is 0 Å². The first-order valence-corrected chi connectivity index (χ1v) is 10.9. The Kier molecular flexibility index (Phi) is 13.6. The van der Waals surface area contributed by atoms with Crippen molar-refractivity contribution in [3.05, 3.63) is 60.8 Å². The third kappa shape index (κ3) is 11.1. The first-order chi connectivity index (χ1) is 17.0. The van der Waals surface area contributed by atoms with E-state index in [9.17, 15) is 29.1 Å². The fraction of sp³-hybridized carbons (Fsp3) is 0.423. The van der Waals surface area contributed by atoms with Crippen LogP contribution in [0, 0.1) is 0 Å². The van der Waals surface area contributed by atoms with E-state index in [4.69, 9.17) is 23.7 Å². The zero-order chi connectivity index (χ0) is 29.0. The summed E-state index contributed by atoms with van der Waals surface area (Å²) in [6.07, 6.45) is -6.87. The molecule has 0 aliphatic carbocycles. The van der Waals surface area contributed by atoms with E-state index < -0.39 is 67.5 Å². The van der Waals surface area contributed by atoms with Crippen molar-refractivity contribution in [1.82, 2.24) is 0 Å². The molecule has 0 spiro atoms. The van der Waals surface area contributed by atoms with Gasteiger partial charge < -0.3 is 28.8 Å². The summed E-state index contributed by atoms with van der Waals surface area (Å²) in [5, 5.41) is 10.0. The molecular formula is C26H34O11. The normalized spacial score (nSPS) is 13.5. The molecule has 0 fully saturated rings. The van der Waals surface area contributed by atoms with Gasteiger partial charge in [0.1, 0.15) is 6.61 Å². The number of carbonyl (C=O) groups is 5. The van der Waals surface area contributed by atoms with Crippen LogP contribution in [0.25, 0.3) is 0 Å². The Balaban J connectivity index is 6.85. The molecule has 0 rings (SSSR count). The quantitative estimate of drug-likeness (QED) is 0.191. The average molecular weight is 523 g/mol. The van der Waals surface area contributed by atoms with Gasteiger partial charge >= 0.3 is 29.8 Å². The van der Waals surface area contributed by atoms with Gasteiger partial charge in [-0.05, 0) is 34.6 Å². The van der Waals surface area contributed by atoms with Crippen LogP contribution in [0.1, 0.15) is 34.6 Å². The maximum Gasteiger partial charge on any atom is 0.333 e. The van der Waals surface area contributed by atoms with Crippen molar-refractivity contribution >= 4 is 29.8 Å². The third-order valence-electron chi connectivity index (χ3n) is 4.36. The number of carbonyl (C=O) groups excluding carboxylic acids is 5. The molecule has 0 saturated carbocycles. The number of hydrogen-bond donors (Lipinski definition) is 1. The molecule has 0 unspecified atom stereocenters. The Labute approximate surface area is 216 Å². The smallest absolute Gasteiger partial charge is 0.333 e. The summed E-state index contributed by atoms with van der Waals surface area (Å²) in [5.41, 5.74) is -0.307. The number of ether oxygens (including phenoxy) is 5. The molecule has 0 aromatic carbocycles. The van der Waals surface area contributed by atoms with E-state index in [1.54, 1.807) is 0 Å². The van der Waals surface area contributed by atoms with Crippen LogP contribution >= 0.6 is 0 Å². The Morgan fingerprint density at radius 2 is 0.838 bits per heavy atom. The number of hydrogen-bond acceptors (Lipinski definition) is 11.